The molecule has 0 amide bonds. The predicted molar refractivity (Wildman–Crippen MR) is 74.3 cm³/mol. The normalized spacial score (nSPS) is 11.9. The number of fused-ring (bicyclic) bond motifs is 1. The van der Waals surface area contributed by atoms with E-state index in [9.17, 15) is 0 Å². The molecular weight excluding hydrogens is 236 g/mol. The summed E-state index contributed by atoms with van der Waals surface area (Å²) in [6.07, 6.45) is 0. The Morgan fingerprint density at radius 2 is 2.12 bits per heavy atom. The van der Waals surface area contributed by atoms with Crippen molar-refractivity contribution in [2.45, 2.75) is 5.75 Å². The molecule has 0 atom stereocenters. The highest BCUT2D eigenvalue weighted by Crippen LogP contribution is 2.19. The van der Waals surface area contributed by atoms with Gasteiger partial charge >= 0.3 is 0 Å². The van der Waals surface area contributed by atoms with Gasteiger partial charge in [0, 0.05) is 11.1 Å². The van der Waals surface area contributed by atoms with E-state index < -0.39 is 0 Å². The number of hydrogen-bond acceptors (Lipinski definition) is 4. The first-order valence-corrected chi connectivity index (χ1v) is 6.37. The number of hydrogen-bond donors (Lipinski definition) is 2. The fourth-order valence-electron chi connectivity index (χ4n) is 1.38. The van der Waals surface area contributed by atoms with Crippen LogP contribution in [0.3, 0.4) is 0 Å². The number of thiol groups is 1. The van der Waals surface area contributed by atoms with Gasteiger partial charge < -0.3 is 5.73 Å². The molecule has 0 unspecified atom stereocenters. The van der Waals surface area contributed by atoms with Crippen molar-refractivity contribution in [3.63, 3.8) is 0 Å². The summed E-state index contributed by atoms with van der Waals surface area (Å²) in [7, 11) is 0. The molecular formula is C12H12N2S2. The number of nitrogens with two attached hydrogens (primary N) is 1. The van der Waals surface area contributed by atoms with Crippen LogP contribution in [0.25, 0.3) is 10.9 Å². The van der Waals surface area contributed by atoms with E-state index in [0.717, 1.165) is 22.3 Å². The Hall–Kier alpha value is -1.13. The molecule has 16 heavy (non-hydrogen) atoms. The SMILES string of the molecule is N/C(=C\S)SCc1ccc2ccccc2n1. The van der Waals surface area contributed by atoms with Gasteiger partial charge in [-0.25, -0.2) is 0 Å². The van der Waals surface area contributed by atoms with Gasteiger partial charge in [-0.05, 0) is 17.5 Å². The molecule has 2 rings (SSSR count). The van der Waals surface area contributed by atoms with Crippen LogP contribution < -0.4 is 5.73 Å². The van der Waals surface area contributed by atoms with Crippen molar-refractivity contribution in [3.8, 4) is 0 Å². The number of para-hydroxylation sites is 1. The van der Waals surface area contributed by atoms with Crippen molar-refractivity contribution < 1.29 is 0 Å². The molecule has 0 aliphatic heterocycles. The minimum Gasteiger partial charge on any atom is -0.393 e. The summed E-state index contributed by atoms with van der Waals surface area (Å²) in [6.45, 7) is 0. The predicted octanol–water partition coefficient (Wildman–Crippen LogP) is 3.16. The molecule has 0 bridgehead atoms. The van der Waals surface area contributed by atoms with Crippen molar-refractivity contribution in [1.82, 2.24) is 4.98 Å². The molecule has 4 heteroatoms. The Bertz CT molecular complexity index is 523. The topological polar surface area (TPSA) is 38.9 Å². The molecule has 1 aromatic heterocycles. The van der Waals surface area contributed by atoms with Crippen molar-refractivity contribution in [2.24, 2.45) is 5.73 Å². The van der Waals surface area contributed by atoms with Crippen LogP contribution in [0.2, 0.25) is 0 Å². The number of pyridine rings is 1. The lowest BCUT2D eigenvalue weighted by Gasteiger charge is -2.02. The summed E-state index contributed by atoms with van der Waals surface area (Å²) in [5, 5.41) is 3.47. The van der Waals surface area contributed by atoms with Gasteiger partial charge in [-0.1, -0.05) is 24.3 Å². The minimum atomic E-state index is 0.707. The fourth-order valence-corrected chi connectivity index (χ4v) is 2.16. The second-order valence-corrected chi connectivity index (χ2v) is 4.62. The summed E-state index contributed by atoms with van der Waals surface area (Å²) in [6, 6.07) is 12.2. The summed E-state index contributed by atoms with van der Waals surface area (Å²) in [5.41, 5.74) is 7.71. The second-order valence-electron chi connectivity index (χ2n) is 3.32. The van der Waals surface area contributed by atoms with Gasteiger partial charge in [0.25, 0.3) is 0 Å². The van der Waals surface area contributed by atoms with E-state index in [4.69, 9.17) is 5.73 Å². The van der Waals surface area contributed by atoms with Gasteiger partial charge in [0.1, 0.15) is 0 Å². The van der Waals surface area contributed by atoms with Gasteiger partial charge in [-0.15, -0.1) is 24.4 Å². The maximum absolute atomic E-state index is 5.65. The molecule has 0 saturated heterocycles. The van der Waals surface area contributed by atoms with E-state index in [-0.39, 0.29) is 0 Å². The second kappa shape index (κ2) is 5.27. The van der Waals surface area contributed by atoms with Gasteiger partial charge in [0.15, 0.2) is 0 Å². The molecule has 1 heterocycles. The van der Waals surface area contributed by atoms with E-state index in [1.807, 2.05) is 24.3 Å². The third-order valence-electron chi connectivity index (χ3n) is 2.17. The lowest BCUT2D eigenvalue weighted by Crippen LogP contribution is -1.93. The number of thioether (sulfide) groups is 1. The quantitative estimate of drug-likeness (QED) is 0.820. The standard InChI is InChI=1S/C12H12N2S2/c13-12(7-15)16-8-10-6-5-9-3-1-2-4-11(9)14-10/h1-7,15H,8,13H2/b12-7+. The van der Waals surface area contributed by atoms with E-state index in [2.05, 4.69) is 29.7 Å². The minimum absolute atomic E-state index is 0.707. The zero-order chi connectivity index (χ0) is 11.4. The molecule has 1 aromatic carbocycles. The third kappa shape index (κ3) is 2.71. The highest BCUT2D eigenvalue weighted by Gasteiger charge is 1.99. The molecule has 0 radical (unpaired) electrons. The van der Waals surface area contributed by atoms with Crippen LogP contribution in [-0.2, 0) is 5.75 Å². The van der Waals surface area contributed by atoms with Crippen LogP contribution in [-0.4, -0.2) is 4.98 Å². The van der Waals surface area contributed by atoms with Crippen molar-refractivity contribution in [2.75, 3.05) is 0 Å². The number of rotatable bonds is 3. The summed E-state index contributed by atoms with van der Waals surface area (Å²) in [5.74, 6) is 0.772. The molecule has 82 valence electrons. The third-order valence-corrected chi connectivity index (χ3v) is 3.51. The van der Waals surface area contributed by atoms with Gasteiger partial charge in [0.05, 0.1) is 16.2 Å². The number of aromatic nitrogens is 1. The highest BCUT2D eigenvalue weighted by atomic mass is 32.2. The smallest absolute Gasteiger partial charge is 0.0720 e. The van der Waals surface area contributed by atoms with Crippen LogP contribution in [0, 0.1) is 0 Å². The summed E-state index contributed by atoms with van der Waals surface area (Å²) >= 11 is 5.53. The van der Waals surface area contributed by atoms with E-state index >= 15 is 0 Å². The first-order chi connectivity index (χ1) is 7.79. The zero-order valence-corrected chi connectivity index (χ0v) is 10.3. The van der Waals surface area contributed by atoms with Gasteiger partial charge in [-0.3, -0.25) is 4.98 Å². The average Bonchev–Trinajstić information content (AvgIpc) is 2.35. The Kier molecular flexibility index (Phi) is 3.74. The number of benzene rings is 1. The van der Waals surface area contributed by atoms with Crippen LogP contribution >= 0.6 is 24.4 Å². The van der Waals surface area contributed by atoms with Crippen molar-refractivity contribution >= 4 is 35.3 Å². The van der Waals surface area contributed by atoms with Crippen LogP contribution in [0.4, 0.5) is 0 Å². The molecule has 0 aliphatic carbocycles. The molecule has 0 spiro atoms. The monoisotopic (exact) mass is 248 g/mol. The Labute approximate surface area is 104 Å². The van der Waals surface area contributed by atoms with Crippen LogP contribution in [0.15, 0.2) is 46.8 Å². The maximum atomic E-state index is 5.65. The summed E-state index contributed by atoms with van der Waals surface area (Å²) in [4.78, 5) is 4.55. The first kappa shape index (κ1) is 11.4. The zero-order valence-electron chi connectivity index (χ0n) is 8.63. The Morgan fingerprint density at radius 1 is 1.31 bits per heavy atom. The van der Waals surface area contributed by atoms with Crippen molar-refractivity contribution in [1.29, 1.82) is 0 Å². The average molecular weight is 248 g/mol. The largest absolute Gasteiger partial charge is 0.393 e. The van der Waals surface area contributed by atoms with Crippen LogP contribution in [0.5, 0.6) is 0 Å². The molecule has 2 nitrogen and oxygen atoms in total. The summed E-state index contributed by atoms with van der Waals surface area (Å²) < 4.78 is 0. The van der Waals surface area contributed by atoms with Crippen molar-refractivity contribution in [3.05, 3.63) is 52.5 Å². The molecule has 0 fully saturated rings. The highest BCUT2D eigenvalue weighted by molar-refractivity contribution is 8.02. The van der Waals surface area contributed by atoms with Crippen LogP contribution in [0.1, 0.15) is 5.69 Å². The molecule has 0 saturated carbocycles. The molecule has 2 aromatic rings. The van der Waals surface area contributed by atoms with Gasteiger partial charge in [0.2, 0.25) is 0 Å². The van der Waals surface area contributed by atoms with E-state index in [0.29, 0.717) is 5.03 Å². The van der Waals surface area contributed by atoms with E-state index in [1.54, 1.807) is 5.41 Å². The Balaban J connectivity index is 2.20. The van der Waals surface area contributed by atoms with E-state index in [1.165, 1.54) is 11.8 Å². The first-order valence-electron chi connectivity index (χ1n) is 4.87. The lowest BCUT2D eigenvalue weighted by atomic mass is 10.2. The number of nitrogens with zero attached hydrogens (tertiary/aromatic N) is 1. The lowest BCUT2D eigenvalue weighted by molar-refractivity contribution is 1.22. The molecule has 0 aliphatic rings. The Morgan fingerprint density at radius 3 is 2.94 bits per heavy atom. The molecule has 2 N–H and O–H groups in total. The maximum Gasteiger partial charge on any atom is 0.0720 e. The fraction of sp³-hybridized carbons (Fsp3) is 0.0833. The van der Waals surface area contributed by atoms with Gasteiger partial charge in [-0.2, -0.15) is 0 Å².